The highest BCUT2D eigenvalue weighted by Crippen LogP contribution is 2.15. The topological polar surface area (TPSA) is 79.3 Å². The Morgan fingerprint density at radius 2 is 2.06 bits per heavy atom. The summed E-state index contributed by atoms with van der Waals surface area (Å²) in [5.41, 5.74) is 6.06. The molecule has 0 radical (unpaired) electrons. The van der Waals surface area contributed by atoms with Gasteiger partial charge in [-0.25, -0.2) is 0 Å². The maximum atomic E-state index is 8.87. The fourth-order valence-corrected chi connectivity index (χ4v) is 1.53. The number of aliphatic hydroxyl groups excluding tert-OH is 1. The van der Waals surface area contributed by atoms with Gasteiger partial charge in [-0.3, -0.25) is 5.41 Å². The van der Waals surface area contributed by atoms with Crippen molar-refractivity contribution in [3.05, 3.63) is 29.8 Å². The van der Waals surface area contributed by atoms with E-state index in [9.17, 15) is 0 Å². The van der Waals surface area contributed by atoms with Crippen molar-refractivity contribution < 1.29 is 9.84 Å². The third-order valence-corrected chi connectivity index (χ3v) is 2.77. The van der Waals surface area contributed by atoms with Gasteiger partial charge in [0.2, 0.25) is 0 Å². The number of nitrogen functional groups attached to an aromatic ring is 1. The maximum absolute atomic E-state index is 8.87. The highest BCUT2D eigenvalue weighted by molar-refractivity contribution is 5.94. The Morgan fingerprint density at radius 3 is 2.53 bits per heavy atom. The smallest absolute Gasteiger partial charge is 0.122 e. The minimum absolute atomic E-state index is 0.0586. The minimum Gasteiger partial charge on any atom is -0.493 e. The highest BCUT2D eigenvalue weighted by atomic mass is 16.5. The monoisotopic (exact) mass is 236 g/mol. The van der Waals surface area contributed by atoms with E-state index in [1.807, 2.05) is 12.1 Å². The first-order chi connectivity index (χ1) is 8.17. The van der Waals surface area contributed by atoms with Gasteiger partial charge in [-0.2, -0.15) is 0 Å². The molecule has 0 saturated carbocycles. The van der Waals surface area contributed by atoms with Crippen molar-refractivity contribution in [1.29, 1.82) is 5.41 Å². The number of rotatable bonds is 7. The largest absolute Gasteiger partial charge is 0.493 e. The fourth-order valence-electron chi connectivity index (χ4n) is 1.53. The summed E-state index contributed by atoms with van der Waals surface area (Å²) >= 11 is 0. The molecule has 0 amide bonds. The normalized spacial score (nSPS) is 12.1. The zero-order chi connectivity index (χ0) is 12.7. The number of ether oxygens (including phenoxy) is 1. The second-order valence-corrected chi connectivity index (χ2v) is 4.04. The summed E-state index contributed by atoms with van der Waals surface area (Å²) in [7, 11) is 0. The zero-order valence-electron chi connectivity index (χ0n) is 10.1. The van der Waals surface area contributed by atoms with Gasteiger partial charge in [0, 0.05) is 12.2 Å². The van der Waals surface area contributed by atoms with Crippen LogP contribution in [0.3, 0.4) is 0 Å². The molecular formula is C13H20N2O2. The molecule has 1 atom stereocenters. The average Bonchev–Trinajstić information content (AvgIpc) is 2.35. The molecule has 0 bridgehead atoms. The van der Waals surface area contributed by atoms with Gasteiger partial charge in [-0.05, 0) is 43.0 Å². The Kier molecular flexibility index (Phi) is 5.49. The number of nitrogens with two attached hydrogens (primary N) is 1. The number of benzene rings is 1. The van der Waals surface area contributed by atoms with E-state index < -0.39 is 0 Å². The van der Waals surface area contributed by atoms with Gasteiger partial charge in [-0.1, -0.05) is 6.92 Å². The van der Waals surface area contributed by atoms with Gasteiger partial charge >= 0.3 is 0 Å². The number of nitrogens with one attached hydrogen (secondary N) is 1. The molecule has 1 aromatic carbocycles. The van der Waals surface area contributed by atoms with Gasteiger partial charge in [0.1, 0.15) is 11.6 Å². The molecule has 0 heterocycles. The van der Waals surface area contributed by atoms with Crippen molar-refractivity contribution in [2.24, 2.45) is 11.7 Å². The van der Waals surface area contributed by atoms with Crippen LogP contribution in [0.2, 0.25) is 0 Å². The number of hydrogen-bond donors (Lipinski definition) is 3. The summed E-state index contributed by atoms with van der Waals surface area (Å²) in [5, 5.41) is 16.1. The molecule has 0 unspecified atom stereocenters. The quantitative estimate of drug-likeness (QED) is 0.498. The Hall–Kier alpha value is -1.55. The molecule has 0 fully saturated rings. The lowest BCUT2D eigenvalue weighted by Gasteiger charge is -2.14. The lowest BCUT2D eigenvalue weighted by molar-refractivity contribution is 0.194. The molecule has 0 aromatic heterocycles. The Morgan fingerprint density at radius 1 is 1.41 bits per heavy atom. The van der Waals surface area contributed by atoms with Crippen molar-refractivity contribution in [3.8, 4) is 5.75 Å². The summed E-state index contributed by atoms with van der Waals surface area (Å²) in [6.45, 7) is 2.89. The van der Waals surface area contributed by atoms with E-state index >= 15 is 0 Å². The van der Waals surface area contributed by atoms with E-state index in [1.54, 1.807) is 12.1 Å². The van der Waals surface area contributed by atoms with Crippen LogP contribution in [0.15, 0.2) is 24.3 Å². The van der Waals surface area contributed by atoms with Crippen molar-refractivity contribution in [3.63, 3.8) is 0 Å². The first-order valence-electron chi connectivity index (χ1n) is 5.85. The molecule has 0 aliphatic heterocycles. The summed E-state index contributed by atoms with van der Waals surface area (Å²) in [5.74, 6) is 1.21. The van der Waals surface area contributed by atoms with Crippen LogP contribution in [0.1, 0.15) is 25.3 Å². The van der Waals surface area contributed by atoms with Crippen molar-refractivity contribution in [1.82, 2.24) is 0 Å². The molecule has 1 rings (SSSR count). The SMILES string of the molecule is CC[C@@H](CCO)COc1ccc(C(=N)N)cc1. The average molecular weight is 236 g/mol. The van der Waals surface area contributed by atoms with Crippen LogP contribution in [0, 0.1) is 11.3 Å². The van der Waals surface area contributed by atoms with Gasteiger partial charge in [0.05, 0.1) is 6.61 Å². The number of hydrogen-bond acceptors (Lipinski definition) is 3. The summed E-state index contributed by atoms with van der Waals surface area (Å²) in [6.07, 6.45) is 1.76. The van der Waals surface area contributed by atoms with Crippen LogP contribution in [-0.2, 0) is 0 Å². The van der Waals surface area contributed by atoms with E-state index in [4.69, 9.17) is 21.0 Å². The third-order valence-electron chi connectivity index (χ3n) is 2.77. The van der Waals surface area contributed by atoms with Crippen molar-refractivity contribution >= 4 is 5.84 Å². The van der Waals surface area contributed by atoms with Crippen molar-refractivity contribution in [2.75, 3.05) is 13.2 Å². The Bertz CT molecular complexity index is 349. The van der Waals surface area contributed by atoms with E-state index in [0.717, 1.165) is 18.6 Å². The molecule has 0 aliphatic carbocycles. The van der Waals surface area contributed by atoms with Crippen LogP contribution in [-0.4, -0.2) is 24.2 Å². The van der Waals surface area contributed by atoms with E-state index in [0.29, 0.717) is 18.1 Å². The molecule has 0 aliphatic rings. The van der Waals surface area contributed by atoms with Crippen molar-refractivity contribution in [2.45, 2.75) is 19.8 Å². The standard InChI is InChI=1S/C13H20N2O2/c1-2-10(7-8-16)9-17-12-5-3-11(4-6-12)13(14)15/h3-6,10,16H,2,7-9H2,1H3,(H3,14,15)/t10-/m0/s1. The van der Waals surface area contributed by atoms with Gasteiger partial charge in [0.25, 0.3) is 0 Å². The van der Waals surface area contributed by atoms with Gasteiger partial charge in [-0.15, -0.1) is 0 Å². The van der Waals surface area contributed by atoms with Crippen LogP contribution in [0.4, 0.5) is 0 Å². The summed E-state index contributed by atoms with van der Waals surface area (Å²) < 4.78 is 5.62. The molecule has 1 aromatic rings. The minimum atomic E-state index is 0.0586. The summed E-state index contributed by atoms with van der Waals surface area (Å²) in [4.78, 5) is 0. The first-order valence-corrected chi connectivity index (χ1v) is 5.85. The molecule has 0 spiro atoms. The van der Waals surface area contributed by atoms with Crippen LogP contribution in [0.25, 0.3) is 0 Å². The lowest BCUT2D eigenvalue weighted by atomic mass is 10.0. The number of aliphatic hydroxyl groups is 1. The third kappa shape index (κ3) is 4.44. The predicted molar refractivity (Wildman–Crippen MR) is 68.4 cm³/mol. The molecule has 4 heteroatoms. The fraction of sp³-hybridized carbons (Fsp3) is 0.462. The van der Waals surface area contributed by atoms with Gasteiger partial charge in [0.15, 0.2) is 0 Å². The predicted octanol–water partition coefficient (Wildman–Crippen LogP) is 1.76. The first kappa shape index (κ1) is 13.5. The molecular weight excluding hydrogens is 216 g/mol. The van der Waals surface area contributed by atoms with E-state index in [1.165, 1.54) is 0 Å². The molecule has 4 nitrogen and oxygen atoms in total. The second-order valence-electron chi connectivity index (χ2n) is 4.04. The van der Waals surface area contributed by atoms with Gasteiger partial charge < -0.3 is 15.6 Å². The highest BCUT2D eigenvalue weighted by Gasteiger charge is 2.06. The molecule has 94 valence electrons. The molecule has 4 N–H and O–H groups in total. The molecule has 17 heavy (non-hydrogen) atoms. The zero-order valence-corrected chi connectivity index (χ0v) is 10.1. The lowest BCUT2D eigenvalue weighted by Crippen LogP contribution is -2.13. The van der Waals surface area contributed by atoms with Crippen LogP contribution in [0.5, 0.6) is 5.75 Å². The van der Waals surface area contributed by atoms with E-state index in [2.05, 4.69) is 6.92 Å². The molecule has 0 saturated heterocycles. The van der Waals surface area contributed by atoms with Crippen LogP contribution >= 0.6 is 0 Å². The van der Waals surface area contributed by atoms with Crippen LogP contribution < -0.4 is 10.5 Å². The van der Waals surface area contributed by atoms with E-state index in [-0.39, 0.29) is 12.4 Å². The second kappa shape index (κ2) is 6.91. The Labute approximate surface area is 102 Å². The Balaban J connectivity index is 2.48. The maximum Gasteiger partial charge on any atom is 0.122 e. The summed E-state index contributed by atoms with van der Waals surface area (Å²) in [6, 6.07) is 7.15. The number of amidine groups is 1.